The number of nitrogens with one attached hydrogen (secondary N) is 2. The molecule has 0 spiro atoms. The van der Waals surface area contributed by atoms with E-state index >= 15 is 0 Å². The first-order valence-electron chi connectivity index (χ1n) is 15.3. The molecule has 0 bridgehead atoms. The van der Waals surface area contributed by atoms with E-state index in [2.05, 4.69) is 25.3 Å². The highest BCUT2D eigenvalue weighted by molar-refractivity contribution is 5.97. The number of nitrogens with two attached hydrogens (primary N) is 1. The van der Waals surface area contributed by atoms with Crippen LogP contribution in [0.5, 0.6) is 5.88 Å². The van der Waals surface area contributed by atoms with Gasteiger partial charge in [0.25, 0.3) is 0 Å². The Kier molecular flexibility index (Phi) is 10.4. The Bertz CT molecular complexity index is 1990. The average molecular weight is 665 g/mol. The average Bonchev–Trinajstić information content (AvgIpc) is 3.75. The predicted octanol–water partition coefficient (Wildman–Crippen LogP) is 5.39. The minimum atomic E-state index is -0.715. The summed E-state index contributed by atoms with van der Waals surface area (Å²) < 4.78 is 22.3. The van der Waals surface area contributed by atoms with Gasteiger partial charge in [0, 0.05) is 30.9 Å². The molecule has 3 heterocycles. The second-order valence-corrected chi connectivity index (χ2v) is 11.9. The van der Waals surface area contributed by atoms with Crippen LogP contribution in [0, 0.1) is 11.3 Å². The molecule has 2 aromatic carbocycles. The number of nitrogen functional groups attached to an aromatic ring is 1. The molecule has 14 heteroatoms. The number of nitriles is 1. The molecular formula is C35H36N8O6. The van der Waals surface area contributed by atoms with Crippen LogP contribution in [0.25, 0.3) is 28.6 Å². The number of hydrogen-bond acceptors (Lipinski definition) is 12. The molecule has 252 valence electrons. The molecule has 3 aromatic heterocycles. The number of furan rings is 1. The third kappa shape index (κ3) is 9.35. The summed E-state index contributed by atoms with van der Waals surface area (Å²) in [6.45, 7) is 6.42. The van der Waals surface area contributed by atoms with Crippen molar-refractivity contribution in [2.75, 3.05) is 30.8 Å². The zero-order valence-electron chi connectivity index (χ0n) is 27.5. The van der Waals surface area contributed by atoms with Gasteiger partial charge in [0.15, 0.2) is 11.2 Å². The quantitative estimate of drug-likeness (QED) is 0.0876. The lowest BCUT2D eigenvalue weighted by atomic mass is 10.1. The molecule has 0 fully saturated rings. The van der Waals surface area contributed by atoms with Crippen LogP contribution < -0.4 is 20.7 Å². The minimum Gasteiger partial charge on any atom is -0.471 e. The summed E-state index contributed by atoms with van der Waals surface area (Å²) in [6.07, 6.45) is 2.34. The molecule has 0 radical (unpaired) electrons. The largest absolute Gasteiger partial charge is 0.471 e. The lowest BCUT2D eigenvalue weighted by Crippen LogP contribution is -2.28. The summed E-state index contributed by atoms with van der Waals surface area (Å²) >= 11 is 0. The molecule has 0 aliphatic carbocycles. The highest BCUT2D eigenvalue weighted by Gasteiger charge is 2.20. The van der Waals surface area contributed by atoms with E-state index in [4.69, 9.17) is 24.4 Å². The van der Waals surface area contributed by atoms with E-state index in [0.29, 0.717) is 41.7 Å². The number of aromatic nitrogens is 4. The summed E-state index contributed by atoms with van der Waals surface area (Å²) in [5.74, 6) is 0.615. The summed E-state index contributed by atoms with van der Waals surface area (Å²) in [5, 5.41) is 12.2. The molecule has 49 heavy (non-hydrogen) atoms. The van der Waals surface area contributed by atoms with Crippen molar-refractivity contribution < 1.29 is 28.2 Å². The van der Waals surface area contributed by atoms with Gasteiger partial charge in [0.05, 0.1) is 12.9 Å². The van der Waals surface area contributed by atoms with E-state index in [1.807, 2.05) is 66.5 Å². The molecule has 0 atom stereocenters. The molecule has 1 amide bonds. The standard InChI is InChI=1S/C35H36N8O6/c1-35(2,3)49-32(44)25(18-36)17-27-13-14-28(48-27)24-9-11-26(12-10-24)43(4)15-16-46-34(45)38-19-22-5-7-23(8-6-22)20-47-31-29-30(40-21-39-29)41-33(37)42-31/h5-14,17,21H,15-16,19-20H2,1-4H3,(H,38,45)(H3,37,39,40,41,42)/b25-17+. The third-order valence-electron chi connectivity index (χ3n) is 7.00. The Morgan fingerprint density at radius 3 is 2.51 bits per heavy atom. The maximum atomic E-state index is 12.3. The maximum absolute atomic E-state index is 12.3. The van der Waals surface area contributed by atoms with Gasteiger partial charge >= 0.3 is 12.1 Å². The summed E-state index contributed by atoms with van der Waals surface area (Å²) in [5.41, 5.74) is 9.41. The number of alkyl carbamates (subject to hydrolysis) is 1. The van der Waals surface area contributed by atoms with Crippen molar-refractivity contribution in [3.63, 3.8) is 0 Å². The zero-order chi connectivity index (χ0) is 35.0. The van der Waals surface area contributed by atoms with Crippen molar-refractivity contribution in [1.29, 1.82) is 5.26 Å². The number of rotatable bonds is 12. The Morgan fingerprint density at radius 2 is 1.80 bits per heavy atom. The molecule has 5 aromatic rings. The van der Waals surface area contributed by atoms with Crippen LogP contribution in [-0.4, -0.2) is 57.8 Å². The van der Waals surface area contributed by atoms with E-state index in [-0.39, 0.29) is 24.7 Å². The number of carbonyl (C=O) groups is 2. The van der Waals surface area contributed by atoms with E-state index in [9.17, 15) is 14.9 Å². The molecule has 14 nitrogen and oxygen atoms in total. The van der Waals surface area contributed by atoms with Crippen molar-refractivity contribution in [2.45, 2.75) is 39.5 Å². The van der Waals surface area contributed by atoms with Gasteiger partial charge < -0.3 is 39.6 Å². The first-order valence-corrected chi connectivity index (χ1v) is 15.3. The first kappa shape index (κ1) is 34.0. The molecule has 4 N–H and O–H groups in total. The Hall–Kier alpha value is -6.36. The lowest BCUT2D eigenvalue weighted by molar-refractivity contribution is -0.149. The Balaban J connectivity index is 1.04. The monoisotopic (exact) mass is 664 g/mol. The van der Waals surface area contributed by atoms with Crippen LogP contribution >= 0.6 is 0 Å². The molecule has 0 aliphatic rings. The minimum absolute atomic E-state index is 0.0902. The number of esters is 1. The van der Waals surface area contributed by atoms with Crippen LogP contribution in [0.1, 0.15) is 37.7 Å². The number of anilines is 2. The zero-order valence-corrected chi connectivity index (χ0v) is 27.5. The predicted molar refractivity (Wildman–Crippen MR) is 182 cm³/mol. The smallest absolute Gasteiger partial charge is 0.407 e. The van der Waals surface area contributed by atoms with Crippen LogP contribution in [0.4, 0.5) is 16.4 Å². The molecule has 5 rings (SSSR count). The number of ether oxygens (including phenoxy) is 3. The number of benzene rings is 2. The van der Waals surface area contributed by atoms with Crippen molar-refractivity contribution in [3.05, 3.63) is 89.5 Å². The normalized spacial score (nSPS) is 11.5. The lowest BCUT2D eigenvalue weighted by Gasteiger charge is -2.19. The van der Waals surface area contributed by atoms with Gasteiger partial charge in [-0.05, 0) is 68.3 Å². The van der Waals surface area contributed by atoms with Crippen LogP contribution in [-0.2, 0) is 27.4 Å². The van der Waals surface area contributed by atoms with Crippen molar-refractivity contribution in [3.8, 4) is 23.3 Å². The summed E-state index contributed by atoms with van der Waals surface area (Å²) in [7, 11) is 1.90. The number of aromatic amines is 1. The number of imidazole rings is 1. The van der Waals surface area contributed by atoms with Crippen molar-refractivity contribution in [2.24, 2.45) is 0 Å². The number of likely N-dealkylation sites (N-methyl/N-ethyl adjacent to an activating group) is 1. The number of hydrogen-bond donors (Lipinski definition) is 3. The van der Waals surface area contributed by atoms with Gasteiger partial charge in [0.2, 0.25) is 11.8 Å². The number of nitrogens with zero attached hydrogens (tertiary/aromatic N) is 5. The van der Waals surface area contributed by atoms with Crippen molar-refractivity contribution >= 4 is 40.9 Å². The molecule has 0 aliphatic heterocycles. The van der Waals surface area contributed by atoms with Crippen LogP contribution in [0.3, 0.4) is 0 Å². The van der Waals surface area contributed by atoms with Gasteiger partial charge in [-0.2, -0.15) is 15.2 Å². The summed E-state index contributed by atoms with van der Waals surface area (Å²) in [4.78, 5) is 41.8. The van der Waals surface area contributed by atoms with Gasteiger partial charge in [-0.1, -0.05) is 24.3 Å². The van der Waals surface area contributed by atoms with E-state index < -0.39 is 17.7 Å². The van der Waals surface area contributed by atoms with E-state index in [1.54, 1.807) is 32.9 Å². The first-order chi connectivity index (χ1) is 23.5. The van der Waals surface area contributed by atoms with Crippen LogP contribution in [0.2, 0.25) is 0 Å². The fraction of sp³-hybridized carbons (Fsp3) is 0.257. The highest BCUT2D eigenvalue weighted by Crippen LogP contribution is 2.26. The van der Waals surface area contributed by atoms with E-state index in [1.165, 1.54) is 12.4 Å². The molecule has 0 unspecified atom stereocenters. The van der Waals surface area contributed by atoms with Gasteiger partial charge in [0.1, 0.15) is 42.0 Å². The van der Waals surface area contributed by atoms with Gasteiger partial charge in [-0.25, -0.2) is 14.6 Å². The maximum Gasteiger partial charge on any atom is 0.407 e. The second kappa shape index (κ2) is 15.0. The number of H-pyrrole nitrogens is 1. The highest BCUT2D eigenvalue weighted by atomic mass is 16.6. The molecule has 0 saturated heterocycles. The molecular weight excluding hydrogens is 628 g/mol. The topological polar surface area (TPSA) is 195 Å². The second-order valence-electron chi connectivity index (χ2n) is 11.9. The van der Waals surface area contributed by atoms with Crippen LogP contribution in [0.15, 0.2) is 77.0 Å². The molecule has 0 saturated carbocycles. The Labute approximate surface area is 282 Å². The number of carbonyl (C=O) groups excluding carboxylic acids is 2. The van der Waals surface area contributed by atoms with E-state index in [0.717, 1.165) is 22.4 Å². The number of fused-ring (bicyclic) bond motifs is 1. The number of amides is 1. The fourth-order valence-electron chi connectivity index (χ4n) is 4.54. The summed E-state index contributed by atoms with van der Waals surface area (Å²) in [6, 6.07) is 20.5. The fourth-order valence-corrected chi connectivity index (χ4v) is 4.54. The van der Waals surface area contributed by atoms with Gasteiger partial charge in [-0.15, -0.1) is 0 Å². The SMILES string of the molecule is CN(CCOC(=O)NCc1ccc(COc2nc(N)nc3[nH]cnc23)cc1)c1ccc(-c2ccc(/C=C(\C#N)C(=O)OC(C)(C)C)o2)cc1. The Morgan fingerprint density at radius 1 is 1.06 bits per heavy atom. The van der Waals surface area contributed by atoms with Gasteiger partial charge in [-0.3, -0.25) is 0 Å². The third-order valence-corrected chi connectivity index (χ3v) is 7.00. The van der Waals surface area contributed by atoms with Crippen molar-refractivity contribution in [1.82, 2.24) is 25.3 Å².